The summed E-state index contributed by atoms with van der Waals surface area (Å²) in [5.74, 6) is 2.17. The van der Waals surface area contributed by atoms with Crippen LogP contribution in [0, 0.1) is 5.92 Å². The molecule has 2 N–H and O–H groups in total. The Morgan fingerprint density at radius 1 is 1.11 bits per heavy atom. The van der Waals surface area contributed by atoms with Gasteiger partial charge in [0.15, 0.2) is 5.96 Å². The molecule has 27 heavy (non-hydrogen) atoms. The summed E-state index contributed by atoms with van der Waals surface area (Å²) in [6.07, 6.45) is 10.7. The third kappa shape index (κ3) is 7.80. The Labute approximate surface area is 167 Å². The van der Waals surface area contributed by atoms with Crippen molar-refractivity contribution in [1.29, 1.82) is 0 Å². The number of carbonyl (C=O) groups is 1. The minimum Gasteiger partial charge on any atom is -0.356 e. The number of amides is 1. The Kier molecular flexibility index (Phi) is 9.59. The summed E-state index contributed by atoms with van der Waals surface area (Å²) in [7, 11) is 2.78. The van der Waals surface area contributed by atoms with Gasteiger partial charge in [0.2, 0.25) is 5.91 Å². The van der Waals surface area contributed by atoms with Crippen molar-refractivity contribution in [2.45, 2.75) is 76.0 Å². The molecule has 0 heterocycles. The number of likely N-dealkylation sites (N-methyl/N-ethyl adjacent to an activating group) is 1. The normalized spacial score (nSPS) is 25.7. The number of aliphatic imine (C=N–C) groups is 1. The molecule has 3 unspecified atom stereocenters. The van der Waals surface area contributed by atoms with Gasteiger partial charge in [0.1, 0.15) is 6.54 Å². The van der Waals surface area contributed by atoms with E-state index in [0.717, 1.165) is 43.9 Å². The van der Waals surface area contributed by atoms with E-state index >= 15 is 0 Å². The van der Waals surface area contributed by atoms with Crippen LogP contribution in [0.5, 0.6) is 0 Å². The molecule has 7 heteroatoms. The summed E-state index contributed by atoms with van der Waals surface area (Å²) >= 11 is 0. The first-order valence-corrected chi connectivity index (χ1v) is 12.0. The lowest BCUT2D eigenvalue weighted by atomic mass is 9.89. The minimum atomic E-state index is -0.735. The van der Waals surface area contributed by atoms with Crippen LogP contribution in [-0.2, 0) is 15.6 Å². The van der Waals surface area contributed by atoms with Gasteiger partial charge in [-0.15, -0.1) is 0 Å². The van der Waals surface area contributed by atoms with E-state index in [1.54, 1.807) is 19.0 Å². The predicted molar refractivity (Wildman–Crippen MR) is 113 cm³/mol. The van der Waals surface area contributed by atoms with Crippen LogP contribution in [0.25, 0.3) is 0 Å². The SMILES string of the molecule is CCS(=O)C1CCCC(NC(=NCC(=O)N(C)C)NCC2CCCCC2)C1. The second-order valence-electron chi connectivity index (χ2n) is 8.14. The summed E-state index contributed by atoms with van der Waals surface area (Å²) in [5, 5.41) is 7.30. The zero-order chi connectivity index (χ0) is 19.6. The van der Waals surface area contributed by atoms with Gasteiger partial charge in [-0.25, -0.2) is 4.99 Å². The van der Waals surface area contributed by atoms with Gasteiger partial charge in [-0.05, 0) is 38.0 Å². The highest BCUT2D eigenvalue weighted by Gasteiger charge is 2.26. The predicted octanol–water partition coefficient (Wildman–Crippen LogP) is 2.27. The first-order valence-electron chi connectivity index (χ1n) is 10.6. The Balaban J connectivity index is 1.94. The fourth-order valence-electron chi connectivity index (χ4n) is 4.02. The van der Waals surface area contributed by atoms with Crippen LogP contribution < -0.4 is 10.6 Å². The second kappa shape index (κ2) is 11.7. The average molecular weight is 399 g/mol. The fraction of sp³-hybridized carbons (Fsp3) is 0.900. The second-order valence-corrected chi connectivity index (χ2v) is 10.1. The third-order valence-corrected chi connectivity index (χ3v) is 7.52. The van der Waals surface area contributed by atoms with E-state index in [0.29, 0.717) is 5.92 Å². The summed E-state index contributed by atoms with van der Waals surface area (Å²) in [4.78, 5) is 18.1. The molecule has 0 bridgehead atoms. The van der Waals surface area contributed by atoms with Crippen molar-refractivity contribution in [1.82, 2.24) is 15.5 Å². The first kappa shape index (κ1) is 22.2. The fourth-order valence-corrected chi connectivity index (χ4v) is 5.36. The molecular formula is C20H38N4O2S. The van der Waals surface area contributed by atoms with Crippen molar-refractivity contribution >= 4 is 22.7 Å². The number of nitrogens with one attached hydrogen (secondary N) is 2. The molecule has 156 valence electrons. The molecule has 0 aromatic carbocycles. The molecule has 2 rings (SSSR count). The molecule has 2 fully saturated rings. The van der Waals surface area contributed by atoms with E-state index < -0.39 is 10.8 Å². The van der Waals surface area contributed by atoms with Crippen LogP contribution in [0.1, 0.15) is 64.7 Å². The summed E-state index contributed by atoms with van der Waals surface area (Å²) in [5.41, 5.74) is 0. The van der Waals surface area contributed by atoms with E-state index in [4.69, 9.17) is 0 Å². The van der Waals surface area contributed by atoms with Crippen LogP contribution in [0.4, 0.5) is 0 Å². The number of hydrogen-bond acceptors (Lipinski definition) is 3. The van der Waals surface area contributed by atoms with E-state index in [2.05, 4.69) is 15.6 Å². The topological polar surface area (TPSA) is 73.8 Å². The van der Waals surface area contributed by atoms with Crippen LogP contribution in [0.3, 0.4) is 0 Å². The van der Waals surface area contributed by atoms with Crippen molar-refractivity contribution in [2.75, 3.05) is 32.9 Å². The van der Waals surface area contributed by atoms with Crippen molar-refractivity contribution in [3.05, 3.63) is 0 Å². The first-order chi connectivity index (χ1) is 13.0. The van der Waals surface area contributed by atoms with Crippen LogP contribution in [0.15, 0.2) is 4.99 Å². The van der Waals surface area contributed by atoms with Gasteiger partial charge in [0, 0.05) is 48.5 Å². The molecule has 0 saturated heterocycles. The monoisotopic (exact) mass is 398 g/mol. The highest BCUT2D eigenvalue weighted by Crippen LogP contribution is 2.24. The van der Waals surface area contributed by atoms with Crippen molar-refractivity contribution in [3.63, 3.8) is 0 Å². The van der Waals surface area contributed by atoms with Gasteiger partial charge in [-0.3, -0.25) is 9.00 Å². The molecular weight excluding hydrogens is 360 g/mol. The van der Waals surface area contributed by atoms with E-state index in [-0.39, 0.29) is 23.7 Å². The highest BCUT2D eigenvalue weighted by atomic mass is 32.2. The number of nitrogens with zero attached hydrogens (tertiary/aromatic N) is 2. The number of carbonyl (C=O) groups excluding carboxylic acids is 1. The lowest BCUT2D eigenvalue weighted by molar-refractivity contribution is -0.127. The maximum Gasteiger partial charge on any atom is 0.243 e. The Hall–Kier alpha value is -1.11. The summed E-state index contributed by atoms with van der Waals surface area (Å²) in [6.45, 7) is 3.07. The van der Waals surface area contributed by atoms with Gasteiger partial charge >= 0.3 is 0 Å². The van der Waals surface area contributed by atoms with E-state index in [1.807, 2.05) is 6.92 Å². The Morgan fingerprint density at radius 3 is 2.52 bits per heavy atom. The van der Waals surface area contributed by atoms with Gasteiger partial charge < -0.3 is 15.5 Å². The average Bonchev–Trinajstić information content (AvgIpc) is 2.70. The lowest BCUT2D eigenvalue weighted by Crippen LogP contribution is -2.48. The van der Waals surface area contributed by atoms with Gasteiger partial charge in [0.25, 0.3) is 0 Å². The standard InChI is InChI=1S/C20H38N4O2S/c1-4-27(26)18-12-8-11-17(13-18)23-20(22-15-19(25)24(2)3)21-14-16-9-6-5-7-10-16/h16-18H,4-15H2,1-3H3,(H2,21,22,23). The van der Waals surface area contributed by atoms with Crippen LogP contribution in [0.2, 0.25) is 0 Å². The Morgan fingerprint density at radius 2 is 1.85 bits per heavy atom. The zero-order valence-electron chi connectivity index (χ0n) is 17.3. The van der Waals surface area contributed by atoms with Crippen molar-refractivity contribution < 1.29 is 9.00 Å². The molecule has 0 aromatic rings. The maximum atomic E-state index is 12.2. The third-order valence-electron chi connectivity index (χ3n) is 5.78. The van der Waals surface area contributed by atoms with Crippen LogP contribution in [-0.4, -0.2) is 65.2 Å². The van der Waals surface area contributed by atoms with Gasteiger partial charge in [-0.2, -0.15) is 0 Å². The summed E-state index contributed by atoms with van der Waals surface area (Å²) < 4.78 is 12.2. The minimum absolute atomic E-state index is 0.00220. The number of hydrogen-bond donors (Lipinski definition) is 2. The molecule has 3 atom stereocenters. The quantitative estimate of drug-likeness (QED) is 0.510. The zero-order valence-corrected chi connectivity index (χ0v) is 18.2. The molecule has 2 aliphatic carbocycles. The maximum absolute atomic E-state index is 12.2. The lowest BCUT2D eigenvalue weighted by Gasteiger charge is -2.31. The molecule has 0 aliphatic heterocycles. The molecule has 1 amide bonds. The van der Waals surface area contributed by atoms with Gasteiger partial charge in [0.05, 0.1) is 0 Å². The molecule has 2 saturated carbocycles. The van der Waals surface area contributed by atoms with Gasteiger partial charge in [-0.1, -0.05) is 32.6 Å². The number of guanidine groups is 1. The molecule has 0 radical (unpaired) electrons. The highest BCUT2D eigenvalue weighted by molar-refractivity contribution is 7.85. The van der Waals surface area contributed by atoms with Crippen LogP contribution >= 0.6 is 0 Å². The van der Waals surface area contributed by atoms with Crippen molar-refractivity contribution in [2.24, 2.45) is 10.9 Å². The number of rotatable bonds is 7. The largest absolute Gasteiger partial charge is 0.356 e. The summed E-state index contributed by atoms with van der Waals surface area (Å²) in [6, 6.07) is 0.284. The van der Waals surface area contributed by atoms with E-state index in [1.165, 1.54) is 32.1 Å². The molecule has 0 aromatic heterocycles. The van der Waals surface area contributed by atoms with Crippen molar-refractivity contribution in [3.8, 4) is 0 Å². The molecule has 0 spiro atoms. The molecule has 2 aliphatic rings. The van der Waals surface area contributed by atoms with E-state index in [9.17, 15) is 9.00 Å². The smallest absolute Gasteiger partial charge is 0.243 e. The Bertz CT molecular complexity index is 518. The molecule has 6 nitrogen and oxygen atoms in total.